The number of hydrogen-bond donors (Lipinski definition) is 1. The summed E-state index contributed by atoms with van der Waals surface area (Å²) in [4.78, 5) is 7.07. The Hall–Kier alpha value is -0.870. The minimum Gasteiger partial charge on any atom is -0.444 e. The Bertz CT molecular complexity index is 405. The van der Waals surface area contributed by atoms with Gasteiger partial charge in [-0.2, -0.15) is 0 Å². The highest BCUT2D eigenvalue weighted by molar-refractivity contribution is 5.05. The molecule has 0 amide bonds. The van der Waals surface area contributed by atoms with Crippen molar-refractivity contribution in [3.63, 3.8) is 0 Å². The van der Waals surface area contributed by atoms with Gasteiger partial charge in [0, 0.05) is 24.7 Å². The third-order valence-electron chi connectivity index (χ3n) is 4.25. The van der Waals surface area contributed by atoms with Gasteiger partial charge in [-0.25, -0.2) is 4.98 Å². The Kier molecular flexibility index (Phi) is 3.16. The molecule has 1 saturated carbocycles. The standard InChI is InChI=1S/C14H23N3O/c1-9-6-12(8-17(9)13-4-5-13)15-7-14-16-10(2)11(3)18-14/h9,12-13,15H,4-8H2,1-3H3. The van der Waals surface area contributed by atoms with Crippen molar-refractivity contribution < 1.29 is 4.42 Å². The molecular formula is C14H23N3O. The molecule has 2 fully saturated rings. The van der Waals surface area contributed by atoms with E-state index in [0.717, 1.165) is 36.0 Å². The Balaban J connectivity index is 1.51. The molecule has 4 heteroatoms. The van der Waals surface area contributed by atoms with Crippen molar-refractivity contribution in [2.24, 2.45) is 0 Å². The van der Waals surface area contributed by atoms with E-state index in [1.54, 1.807) is 0 Å². The number of aryl methyl sites for hydroxylation is 2. The quantitative estimate of drug-likeness (QED) is 0.886. The summed E-state index contributed by atoms with van der Waals surface area (Å²) < 4.78 is 5.60. The topological polar surface area (TPSA) is 41.3 Å². The minimum absolute atomic E-state index is 0.591. The summed E-state index contributed by atoms with van der Waals surface area (Å²) in [6.45, 7) is 8.25. The first-order valence-corrected chi connectivity index (χ1v) is 7.05. The molecule has 0 bridgehead atoms. The average Bonchev–Trinajstić information content (AvgIpc) is 3.03. The fourth-order valence-electron chi connectivity index (χ4n) is 2.97. The molecule has 1 N–H and O–H groups in total. The zero-order chi connectivity index (χ0) is 12.7. The van der Waals surface area contributed by atoms with Gasteiger partial charge in [0.05, 0.1) is 12.2 Å². The lowest BCUT2D eigenvalue weighted by atomic mass is 10.2. The maximum atomic E-state index is 5.60. The molecule has 1 aromatic heterocycles. The second-order valence-electron chi connectivity index (χ2n) is 5.84. The number of likely N-dealkylation sites (tertiary alicyclic amines) is 1. The predicted molar refractivity (Wildman–Crippen MR) is 70.4 cm³/mol. The van der Waals surface area contributed by atoms with Crippen LogP contribution < -0.4 is 5.32 Å². The van der Waals surface area contributed by atoms with E-state index in [1.165, 1.54) is 25.8 Å². The Morgan fingerprint density at radius 3 is 2.78 bits per heavy atom. The van der Waals surface area contributed by atoms with Crippen LogP contribution in [0.1, 0.15) is 43.5 Å². The zero-order valence-electron chi connectivity index (χ0n) is 11.6. The highest BCUT2D eigenvalue weighted by Gasteiger charge is 2.38. The molecule has 18 heavy (non-hydrogen) atoms. The second-order valence-corrected chi connectivity index (χ2v) is 5.84. The lowest BCUT2D eigenvalue weighted by Crippen LogP contribution is -2.33. The Labute approximate surface area is 109 Å². The van der Waals surface area contributed by atoms with Gasteiger partial charge in [-0.1, -0.05) is 0 Å². The lowest BCUT2D eigenvalue weighted by Gasteiger charge is -2.19. The van der Waals surface area contributed by atoms with Crippen LogP contribution in [0, 0.1) is 13.8 Å². The van der Waals surface area contributed by atoms with Crippen molar-refractivity contribution in [1.29, 1.82) is 0 Å². The van der Waals surface area contributed by atoms with Crippen LogP contribution in [0.3, 0.4) is 0 Å². The summed E-state index contributed by atoms with van der Waals surface area (Å²) in [5.74, 6) is 1.76. The van der Waals surface area contributed by atoms with Crippen molar-refractivity contribution >= 4 is 0 Å². The van der Waals surface area contributed by atoms with Crippen LogP contribution in [0.2, 0.25) is 0 Å². The van der Waals surface area contributed by atoms with Crippen molar-refractivity contribution in [3.05, 3.63) is 17.3 Å². The number of nitrogens with one attached hydrogen (secondary N) is 1. The molecule has 1 aliphatic carbocycles. The highest BCUT2D eigenvalue weighted by atomic mass is 16.4. The van der Waals surface area contributed by atoms with Gasteiger partial charge in [-0.15, -0.1) is 0 Å². The van der Waals surface area contributed by atoms with E-state index in [4.69, 9.17) is 4.42 Å². The first-order valence-electron chi connectivity index (χ1n) is 7.05. The summed E-state index contributed by atoms with van der Waals surface area (Å²) in [6, 6.07) is 2.19. The smallest absolute Gasteiger partial charge is 0.208 e. The first kappa shape index (κ1) is 12.2. The fourth-order valence-corrected chi connectivity index (χ4v) is 2.97. The van der Waals surface area contributed by atoms with E-state index in [2.05, 4.69) is 22.1 Å². The second kappa shape index (κ2) is 4.67. The van der Waals surface area contributed by atoms with E-state index >= 15 is 0 Å². The molecule has 2 unspecified atom stereocenters. The van der Waals surface area contributed by atoms with E-state index in [-0.39, 0.29) is 0 Å². The molecule has 4 nitrogen and oxygen atoms in total. The summed E-state index contributed by atoms with van der Waals surface area (Å²) in [5.41, 5.74) is 1.01. The maximum absolute atomic E-state index is 5.60. The molecule has 2 atom stereocenters. The molecule has 1 saturated heterocycles. The summed E-state index contributed by atoms with van der Waals surface area (Å²) >= 11 is 0. The van der Waals surface area contributed by atoms with Crippen LogP contribution in [-0.2, 0) is 6.54 Å². The van der Waals surface area contributed by atoms with E-state index < -0.39 is 0 Å². The highest BCUT2D eigenvalue weighted by Crippen LogP contribution is 2.33. The van der Waals surface area contributed by atoms with E-state index in [1.807, 2.05) is 13.8 Å². The molecule has 3 rings (SSSR count). The monoisotopic (exact) mass is 249 g/mol. The minimum atomic E-state index is 0.591. The van der Waals surface area contributed by atoms with Crippen LogP contribution in [0.5, 0.6) is 0 Å². The van der Waals surface area contributed by atoms with Gasteiger partial charge >= 0.3 is 0 Å². The maximum Gasteiger partial charge on any atom is 0.208 e. The van der Waals surface area contributed by atoms with E-state index in [9.17, 15) is 0 Å². The largest absolute Gasteiger partial charge is 0.444 e. The number of aromatic nitrogens is 1. The van der Waals surface area contributed by atoms with Crippen LogP contribution in [0.15, 0.2) is 4.42 Å². The molecule has 0 radical (unpaired) electrons. The van der Waals surface area contributed by atoms with Gasteiger partial charge in [-0.05, 0) is 40.0 Å². The van der Waals surface area contributed by atoms with Crippen molar-refractivity contribution in [2.45, 2.75) is 64.7 Å². The average molecular weight is 249 g/mol. The van der Waals surface area contributed by atoms with Gasteiger partial charge in [0.15, 0.2) is 0 Å². The number of oxazole rings is 1. The SMILES string of the molecule is Cc1nc(CNC2CC(C)N(C3CC3)C2)oc1C. The van der Waals surface area contributed by atoms with Crippen LogP contribution >= 0.6 is 0 Å². The number of nitrogens with zero attached hydrogens (tertiary/aromatic N) is 2. The third kappa shape index (κ3) is 2.45. The predicted octanol–water partition coefficient (Wildman–Crippen LogP) is 2.01. The van der Waals surface area contributed by atoms with Gasteiger partial charge in [0.1, 0.15) is 5.76 Å². The molecule has 2 aliphatic rings. The fraction of sp³-hybridized carbons (Fsp3) is 0.786. The first-order chi connectivity index (χ1) is 8.63. The number of rotatable bonds is 4. The Morgan fingerprint density at radius 1 is 1.39 bits per heavy atom. The molecule has 100 valence electrons. The summed E-state index contributed by atoms with van der Waals surface area (Å²) in [6.07, 6.45) is 4.04. The summed E-state index contributed by atoms with van der Waals surface area (Å²) in [5, 5.41) is 3.58. The molecule has 0 aromatic carbocycles. The van der Waals surface area contributed by atoms with Crippen molar-refractivity contribution in [1.82, 2.24) is 15.2 Å². The third-order valence-corrected chi connectivity index (χ3v) is 4.25. The summed E-state index contributed by atoms with van der Waals surface area (Å²) in [7, 11) is 0. The molecule has 1 aromatic rings. The lowest BCUT2D eigenvalue weighted by molar-refractivity contribution is 0.254. The van der Waals surface area contributed by atoms with Crippen molar-refractivity contribution in [3.8, 4) is 0 Å². The van der Waals surface area contributed by atoms with Crippen LogP contribution in [0.25, 0.3) is 0 Å². The van der Waals surface area contributed by atoms with Gasteiger partial charge in [0.25, 0.3) is 0 Å². The molecule has 1 aliphatic heterocycles. The zero-order valence-corrected chi connectivity index (χ0v) is 11.6. The molecule has 0 spiro atoms. The van der Waals surface area contributed by atoms with Gasteiger partial charge in [-0.3, -0.25) is 4.90 Å². The van der Waals surface area contributed by atoms with Gasteiger partial charge in [0.2, 0.25) is 5.89 Å². The Morgan fingerprint density at radius 2 is 2.17 bits per heavy atom. The van der Waals surface area contributed by atoms with Crippen LogP contribution in [0.4, 0.5) is 0 Å². The van der Waals surface area contributed by atoms with Crippen molar-refractivity contribution in [2.75, 3.05) is 6.54 Å². The molecular weight excluding hydrogens is 226 g/mol. The normalized spacial score (nSPS) is 29.1. The molecule has 2 heterocycles. The van der Waals surface area contributed by atoms with Gasteiger partial charge < -0.3 is 9.73 Å². The number of hydrogen-bond acceptors (Lipinski definition) is 4. The van der Waals surface area contributed by atoms with Crippen LogP contribution in [-0.4, -0.2) is 34.6 Å². The van der Waals surface area contributed by atoms with E-state index in [0.29, 0.717) is 6.04 Å².